The van der Waals surface area contributed by atoms with Gasteiger partial charge in [-0.15, -0.1) is 11.3 Å². The zero-order valence-corrected chi connectivity index (χ0v) is 14.7. The Kier molecular flexibility index (Phi) is 4.05. The number of hydrogen-bond donors (Lipinski definition) is 0. The SMILES string of the molecule is CC(C)N1CCC(N2CCC3(CC2)OCCc2ccsc23)C1. The molecule has 122 valence electrons. The van der Waals surface area contributed by atoms with Crippen molar-refractivity contribution in [2.45, 2.75) is 57.2 Å². The van der Waals surface area contributed by atoms with Gasteiger partial charge in [-0.2, -0.15) is 0 Å². The first-order chi connectivity index (χ1) is 10.7. The molecule has 1 aromatic heterocycles. The lowest BCUT2D eigenvalue weighted by molar-refractivity contribution is -0.0994. The average Bonchev–Trinajstić information content (AvgIpc) is 3.18. The van der Waals surface area contributed by atoms with Crippen LogP contribution in [0.1, 0.15) is 43.6 Å². The second kappa shape index (κ2) is 5.90. The molecule has 2 saturated heterocycles. The van der Waals surface area contributed by atoms with Gasteiger partial charge in [0, 0.05) is 43.1 Å². The minimum atomic E-state index is 0.0502. The summed E-state index contributed by atoms with van der Waals surface area (Å²) in [5, 5.41) is 2.25. The van der Waals surface area contributed by atoms with Crippen molar-refractivity contribution in [3.8, 4) is 0 Å². The third-order valence-corrected chi connectivity index (χ3v) is 7.10. The van der Waals surface area contributed by atoms with Crippen LogP contribution in [0.2, 0.25) is 0 Å². The van der Waals surface area contributed by atoms with E-state index < -0.39 is 0 Å². The molecular formula is C18H28N2OS. The Morgan fingerprint density at radius 2 is 2.09 bits per heavy atom. The lowest BCUT2D eigenvalue weighted by Crippen LogP contribution is -2.50. The highest BCUT2D eigenvalue weighted by Crippen LogP contribution is 2.44. The third kappa shape index (κ3) is 2.54. The molecule has 0 amide bonds. The van der Waals surface area contributed by atoms with E-state index in [4.69, 9.17) is 4.74 Å². The largest absolute Gasteiger partial charge is 0.369 e. The summed E-state index contributed by atoms with van der Waals surface area (Å²) in [5.74, 6) is 0. The van der Waals surface area contributed by atoms with Crippen molar-refractivity contribution >= 4 is 11.3 Å². The molecule has 1 atom stereocenters. The van der Waals surface area contributed by atoms with E-state index in [0.29, 0.717) is 6.04 Å². The molecule has 22 heavy (non-hydrogen) atoms. The zero-order valence-electron chi connectivity index (χ0n) is 13.9. The van der Waals surface area contributed by atoms with Crippen LogP contribution in [0.5, 0.6) is 0 Å². The van der Waals surface area contributed by atoms with Crippen molar-refractivity contribution in [3.63, 3.8) is 0 Å². The number of likely N-dealkylation sites (tertiary alicyclic amines) is 2. The number of piperidine rings is 1. The molecule has 3 nitrogen and oxygen atoms in total. The molecule has 1 unspecified atom stereocenters. The van der Waals surface area contributed by atoms with Gasteiger partial charge in [0.15, 0.2) is 0 Å². The number of nitrogens with zero attached hydrogens (tertiary/aromatic N) is 2. The van der Waals surface area contributed by atoms with Gasteiger partial charge in [0.1, 0.15) is 5.60 Å². The Morgan fingerprint density at radius 1 is 1.27 bits per heavy atom. The fraction of sp³-hybridized carbons (Fsp3) is 0.778. The summed E-state index contributed by atoms with van der Waals surface area (Å²) in [7, 11) is 0. The number of hydrogen-bond acceptors (Lipinski definition) is 4. The van der Waals surface area contributed by atoms with Crippen LogP contribution in [0.3, 0.4) is 0 Å². The van der Waals surface area contributed by atoms with Crippen LogP contribution in [-0.4, -0.2) is 54.7 Å². The zero-order chi connectivity index (χ0) is 15.2. The molecule has 0 saturated carbocycles. The predicted octanol–water partition coefficient (Wildman–Crippen LogP) is 3.09. The van der Waals surface area contributed by atoms with Gasteiger partial charge in [0.05, 0.1) is 6.61 Å². The standard InChI is InChI=1S/C18H28N2OS/c1-14(2)20-8-3-16(13-20)19-9-6-18(7-10-19)17-15(4-11-21-18)5-12-22-17/h5,12,14,16H,3-4,6-11,13H2,1-2H3. The lowest BCUT2D eigenvalue weighted by Gasteiger charge is -2.45. The molecule has 4 heterocycles. The Morgan fingerprint density at radius 3 is 2.82 bits per heavy atom. The van der Waals surface area contributed by atoms with Crippen molar-refractivity contribution in [1.29, 1.82) is 0 Å². The number of fused-ring (bicyclic) bond motifs is 2. The van der Waals surface area contributed by atoms with Crippen molar-refractivity contribution < 1.29 is 4.74 Å². The van der Waals surface area contributed by atoms with Crippen LogP contribution < -0.4 is 0 Å². The van der Waals surface area contributed by atoms with Gasteiger partial charge in [-0.25, -0.2) is 0 Å². The molecule has 4 heteroatoms. The van der Waals surface area contributed by atoms with Crippen molar-refractivity contribution in [2.75, 3.05) is 32.8 Å². The molecule has 0 radical (unpaired) electrons. The van der Waals surface area contributed by atoms with Gasteiger partial charge in [0.2, 0.25) is 0 Å². The molecule has 3 aliphatic rings. The first-order valence-corrected chi connectivity index (χ1v) is 9.75. The Balaban J connectivity index is 1.42. The van der Waals surface area contributed by atoms with E-state index in [1.807, 2.05) is 11.3 Å². The van der Waals surface area contributed by atoms with E-state index in [-0.39, 0.29) is 5.60 Å². The highest BCUT2D eigenvalue weighted by Gasteiger charge is 2.43. The quantitative estimate of drug-likeness (QED) is 0.833. The number of rotatable bonds is 2. The summed E-state index contributed by atoms with van der Waals surface area (Å²) < 4.78 is 6.33. The summed E-state index contributed by atoms with van der Waals surface area (Å²) in [6, 6.07) is 3.77. The Hall–Kier alpha value is -0.420. The molecular weight excluding hydrogens is 292 g/mol. The topological polar surface area (TPSA) is 15.7 Å². The number of ether oxygens (including phenoxy) is 1. The Labute approximate surface area is 138 Å². The van der Waals surface area contributed by atoms with E-state index in [9.17, 15) is 0 Å². The predicted molar refractivity (Wildman–Crippen MR) is 91.6 cm³/mol. The van der Waals surface area contributed by atoms with Gasteiger partial charge in [-0.1, -0.05) is 0 Å². The fourth-order valence-corrected chi connectivity index (χ4v) is 5.68. The summed E-state index contributed by atoms with van der Waals surface area (Å²) in [6.45, 7) is 10.5. The van der Waals surface area contributed by atoms with E-state index >= 15 is 0 Å². The monoisotopic (exact) mass is 320 g/mol. The fourth-order valence-electron chi connectivity index (χ4n) is 4.51. The molecule has 0 aliphatic carbocycles. The average molecular weight is 321 g/mol. The molecule has 3 aliphatic heterocycles. The minimum Gasteiger partial charge on any atom is -0.369 e. The van der Waals surface area contributed by atoms with Crippen LogP contribution in [0.25, 0.3) is 0 Å². The smallest absolute Gasteiger partial charge is 0.105 e. The maximum absolute atomic E-state index is 6.33. The van der Waals surface area contributed by atoms with Gasteiger partial charge in [-0.3, -0.25) is 9.80 Å². The maximum atomic E-state index is 6.33. The van der Waals surface area contributed by atoms with E-state index in [2.05, 4.69) is 35.1 Å². The summed E-state index contributed by atoms with van der Waals surface area (Å²) in [5.41, 5.74) is 1.60. The highest BCUT2D eigenvalue weighted by atomic mass is 32.1. The molecule has 0 bridgehead atoms. The normalized spacial score (nSPS) is 29.3. The van der Waals surface area contributed by atoms with Gasteiger partial charge in [0.25, 0.3) is 0 Å². The number of thiophene rings is 1. The van der Waals surface area contributed by atoms with Crippen molar-refractivity contribution in [3.05, 3.63) is 21.9 Å². The van der Waals surface area contributed by atoms with E-state index in [0.717, 1.165) is 19.1 Å². The van der Waals surface area contributed by atoms with Crippen LogP contribution in [-0.2, 0) is 16.8 Å². The van der Waals surface area contributed by atoms with Crippen LogP contribution in [0.15, 0.2) is 11.4 Å². The summed E-state index contributed by atoms with van der Waals surface area (Å²) >= 11 is 1.92. The van der Waals surface area contributed by atoms with Gasteiger partial charge >= 0.3 is 0 Å². The first-order valence-electron chi connectivity index (χ1n) is 8.87. The third-order valence-electron chi connectivity index (χ3n) is 5.96. The highest BCUT2D eigenvalue weighted by molar-refractivity contribution is 7.10. The molecule has 1 spiro atoms. The Bertz CT molecular complexity index is 519. The van der Waals surface area contributed by atoms with E-state index in [1.54, 1.807) is 5.56 Å². The van der Waals surface area contributed by atoms with E-state index in [1.165, 1.54) is 50.3 Å². The second-order valence-electron chi connectivity index (χ2n) is 7.43. The lowest BCUT2D eigenvalue weighted by atomic mass is 9.85. The maximum Gasteiger partial charge on any atom is 0.105 e. The van der Waals surface area contributed by atoms with Crippen LogP contribution >= 0.6 is 11.3 Å². The van der Waals surface area contributed by atoms with Gasteiger partial charge in [-0.05, 0) is 56.5 Å². The van der Waals surface area contributed by atoms with Crippen molar-refractivity contribution in [1.82, 2.24) is 9.80 Å². The summed E-state index contributed by atoms with van der Waals surface area (Å²) in [6.07, 6.45) is 4.81. The van der Waals surface area contributed by atoms with Crippen LogP contribution in [0, 0.1) is 0 Å². The molecule has 1 aromatic rings. The van der Waals surface area contributed by atoms with Gasteiger partial charge < -0.3 is 4.74 Å². The molecule has 4 rings (SSSR count). The first kappa shape index (κ1) is 15.1. The second-order valence-corrected chi connectivity index (χ2v) is 8.35. The summed E-state index contributed by atoms with van der Waals surface area (Å²) in [4.78, 5) is 6.90. The molecule has 0 N–H and O–H groups in total. The van der Waals surface area contributed by atoms with Crippen LogP contribution in [0.4, 0.5) is 0 Å². The molecule has 0 aromatic carbocycles. The molecule has 2 fully saturated rings. The van der Waals surface area contributed by atoms with Crippen molar-refractivity contribution in [2.24, 2.45) is 0 Å². The minimum absolute atomic E-state index is 0.0502.